The van der Waals surface area contributed by atoms with Crippen molar-refractivity contribution in [2.45, 2.75) is 38.5 Å². The number of aliphatic imine (C=N–C) groups is 1. The number of nitrogens with zero attached hydrogens (tertiary/aromatic N) is 1. The highest BCUT2D eigenvalue weighted by atomic mass is 16.2. The first kappa shape index (κ1) is 12.7. The molecule has 0 saturated carbocycles. The quantitative estimate of drug-likeness (QED) is 0.665. The predicted molar refractivity (Wildman–Crippen MR) is 71.5 cm³/mol. The Balaban J connectivity index is 2.20. The van der Waals surface area contributed by atoms with E-state index < -0.39 is 5.78 Å². The SMILES string of the molecule is O=C1\C=C/N=C(/C2=C/C=C\CCCC2)CCC1=O. The van der Waals surface area contributed by atoms with Gasteiger partial charge in [0, 0.05) is 24.4 Å². The van der Waals surface area contributed by atoms with E-state index in [-0.39, 0.29) is 12.2 Å². The molecule has 0 N–H and O–H groups in total. The van der Waals surface area contributed by atoms with Gasteiger partial charge in [-0.25, -0.2) is 0 Å². The van der Waals surface area contributed by atoms with E-state index in [0.717, 1.165) is 25.0 Å². The number of rotatable bonds is 1. The fourth-order valence-electron chi connectivity index (χ4n) is 2.13. The summed E-state index contributed by atoms with van der Waals surface area (Å²) in [6, 6.07) is 0. The number of hydrogen-bond acceptors (Lipinski definition) is 3. The topological polar surface area (TPSA) is 46.5 Å². The second-order valence-electron chi connectivity index (χ2n) is 4.54. The first-order valence-electron chi connectivity index (χ1n) is 6.44. The number of hydrogen-bond donors (Lipinski definition) is 0. The van der Waals surface area contributed by atoms with Crippen LogP contribution in [-0.2, 0) is 9.59 Å². The average Bonchev–Trinajstić information content (AvgIpc) is 2.31. The Morgan fingerprint density at radius 2 is 1.94 bits per heavy atom. The first-order valence-corrected chi connectivity index (χ1v) is 6.44. The van der Waals surface area contributed by atoms with Crippen molar-refractivity contribution in [2.75, 3.05) is 0 Å². The second-order valence-corrected chi connectivity index (χ2v) is 4.54. The third-order valence-electron chi connectivity index (χ3n) is 3.19. The summed E-state index contributed by atoms with van der Waals surface area (Å²) < 4.78 is 0. The second kappa shape index (κ2) is 6.24. The molecule has 1 aliphatic heterocycles. The maximum absolute atomic E-state index is 11.4. The summed E-state index contributed by atoms with van der Waals surface area (Å²) in [6.45, 7) is 0. The van der Waals surface area contributed by atoms with Gasteiger partial charge in [0.25, 0.3) is 0 Å². The molecule has 0 saturated heterocycles. The van der Waals surface area contributed by atoms with E-state index in [2.05, 4.69) is 23.2 Å². The molecule has 18 heavy (non-hydrogen) atoms. The molecular weight excluding hydrogens is 226 g/mol. The van der Waals surface area contributed by atoms with Crippen molar-refractivity contribution in [1.82, 2.24) is 0 Å². The molecule has 0 aromatic carbocycles. The molecule has 0 bridgehead atoms. The fourth-order valence-corrected chi connectivity index (χ4v) is 2.13. The van der Waals surface area contributed by atoms with Crippen LogP contribution in [-0.4, -0.2) is 17.3 Å². The minimum atomic E-state index is -0.440. The lowest BCUT2D eigenvalue weighted by Crippen LogP contribution is -2.15. The molecular formula is C15H17NO2. The van der Waals surface area contributed by atoms with Crippen molar-refractivity contribution >= 4 is 17.3 Å². The number of Topliss-reactive ketones (excluding diaryl/α,β-unsaturated/α-hetero) is 1. The smallest absolute Gasteiger partial charge is 0.222 e. The average molecular weight is 243 g/mol. The van der Waals surface area contributed by atoms with Gasteiger partial charge in [0.1, 0.15) is 0 Å². The summed E-state index contributed by atoms with van der Waals surface area (Å²) in [5, 5.41) is 0. The Labute approximate surface area is 107 Å². The highest BCUT2D eigenvalue weighted by molar-refractivity contribution is 6.42. The molecule has 3 heteroatoms. The summed E-state index contributed by atoms with van der Waals surface area (Å²) in [7, 11) is 0. The van der Waals surface area contributed by atoms with Crippen molar-refractivity contribution in [1.29, 1.82) is 0 Å². The van der Waals surface area contributed by atoms with Gasteiger partial charge in [0.15, 0.2) is 0 Å². The molecule has 0 unspecified atom stereocenters. The van der Waals surface area contributed by atoms with Gasteiger partial charge in [0.05, 0.1) is 0 Å². The lowest BCUT2D eigenvalue weighted by atomic mass is 9.95. The molecule has 1 heterocycles. The third kappa shape index (κ3) is 3.36. The monoisotopic (exact) mass is 243 g/mol. The van der Waals surface area contributed by atoms with Gasteiger partial charge in [0.2, 0.25) is 11.6 Å². The molecule has 0 aromatic heterocycles. The van der Waals surface area contributed by atoms with Crippen LogP contribution in [0.2, 0.25) is 0 Å². The van der Waals surface area contributed by atoms with Gasteiger partial charge in [-0.05, 0) is 37.7 Å². The van der Waals surface area contributed by atoms with Crippen molar-refractivity contribution in [3.63, 3.8) is 0 Å². The molecule has 94 valence electrons. The van der Waals surface area contributed by atoms with E-state index in [1.165, 1.54) is 24.3 Å². The Hall–Kier alpha value is -1.77. The van der Waals surface area contributed by atoms with Gasteiger partial charge in [-0.1, -0.05) is 18.2 Å². The number of carbonyl (C=O) groups excluding carboxylic acids is 2. The summed E-state index contributed by atoms with van der Waals surface area (Å²) in [6.07, 6.45) is 14.3. The number of ketones is 2. The molecule has 2 rings (SSSR count). The zero-order valence-corrected chi connectivity index (χ0v) is 10.4. The van der Waals surface area contributed by atoms with E-state index >= 15 is 0 Å². The van der Waals surface area contributed by atoms with E-state index in [0.29, 0.717) is 6.42 Å². The van der Waals surface area contributed by atoms with Crippen molar-refractivity contribution in [2.24, 2.45) is 4.99 Å². The maximum atomic E-state index is 11.4. The zero-order chi connectivity index (χ0) is 12.8. The van der Waals surface area contributed by atoms with Crippen LogP contribution in [0.1, 0.15) is 38.5 Å². The fraction of sp³-hybridized carbons (Fsp3) is 0.400. The van der Waals surface area contributed by atoms with E-state index in [1.54, 1.807) is 0 Å². The molecule has 0 aromatic rings. The zero-order valence-electron chi connectivity index (χ0n) is 10.4. The van der Waals surface area contributed by atoms with Gasteiger partial charge in [-0.2, -0.15) is 0 Å². The summed E-state index contributed by atoms with van der Waals surface area (Å²) in [4.78, 5) is 27.0. The normalized spacial score (nSPS) is 30.9. The van der Waals surface area contributed by atoms with Crippen LogP contribution in [0, 0.1) is 0 Å². The molecule has 0 atom stereocenters. The predicted octanol–water partition coefficient (Wildman–Crippen LogP) is 2.93. The van der Waals surface area contributed by atoms with E-state index in [9.17, 15) is 9.59 Å². The van der Waals surface area contributed by atoms with E-state index in [4.69, 9.17) is 0 Å². The molecule has 0 amide bonds. The molecule has 2 aliphatic rings. The summed E-state index contributed by atoms with van der Waals surface area (Å²) >= 11 is 0. The molecule has 0 spiro atoms. The molecule has 1 aliphatic carbocycles. The molecule has 3 nitrogen and oxygen atoms in total. The standard InChI is InChI=1S/C15H17NO2/c17-14-9-8-13(16-11-10-15(14)18)12-6-4-2-1-3-5-7-12/h2,4,6,10-11H,1,3,5,7-9H2/b4-2-,11-10-,12-6+,16-13+. The maximum Gasteiger partial charge on any atom is 0.222 e. The van der Waals surface area contributed by atoms with Crippen LogP contribution >= 0.6 is 0 Å². The number of carbonyl (C=O) groups is 2. The van der Waals surface area contributed by atoms with Crippen LogP contribution in [0.3, 0.4) is 0 Å². The Kier molecular flexibility index (Phi) is 4.40. The van der Waals surface area contributed by atoms with Gasteiger partial charge >= 0.3 is 0 Å². The van der Waals surface area contributed by atoms with Crippen molar-refractivity contribution < 1.29 is 9.59 Å². The Morgan fingerprint density at radius 1 is 1.06 bits per heavy atom. The minimum Gasteiger partial charge on any atom is -0.290 e. The van der Waals surface area contributed by atoms with Crippen LogP contribution in [0.25, 0.3) is 0 Å². The van der Waals surface area contributed by atoms with Crippen LogP contribution in [0.5, 0.6) is 0 Å². The lowest BCUT2D eigenvalue weighted by molar-refractivity contribution is -0.133. The highest BCUT2D eigenvalue weighted by Gasteiger charge is 2.16. The molecule has 0 fully saturated rings. The van der Waals surface area contributed by atoms with Gasteiger partial charge in [-0.15, -0.1) is 0 Å². The van der Waals surface area contributed by atoms with Crippen LogP contribution in [0.15, 0.2) is 41.1 Å². The van der Waals surface area contributed by atoms with Gasteiger partial charge in [-0.3, -0.25) is 14.6 Å². The van der Waals surface area contributed by atoms with Crippen molar-refractivity contribution in [3.05, 3.63) is 36.1 Å². The van der Waals surface area contributed by atoms with Crippen LogP contribution < -0.4 is 0 Å². The molecule has 0 radical (unpaired) electrons. The largest absolute Gasteiger partial charge is 0.290 e. The Bertz CT molecular complexity index is 467. The van der Waals surface area contributed by atoms with Gasteiger partial charge < -0.3 is 0 Å². The van der Waals surface area contributed by atoms with Crippen LogP contribution in [0.4, 0.5) is 0 Å². The lowest BCUT2D eigenvalue weighted by Gasteiger charge is -2.12. The first-order chi connectivity index (χ1) is 8.77. The third-order valence-corrected chi connectivity index (χ3v) is 3.19. The van der Waals surface area contributed by atoms with E-state index in [1.807, 2.05) is 0 Å². The Morgan fingerprint density at radius 3 is 2.83 bits per heavy atom. The number of allylic oxidation sites excluding steroid dienone is 5. The summed E-state index contributed by atoms with van der Waals surface area (Å²) in [5.41, 5.74) is 2.14. The summed E-state index contributed by atoms with van der Waals surface area (Å²) in [5.74, 6) is -0.759. The highest BCUT2D eigenvalue weighted by Crippen LogP contribution is 2.18. The van der Waals surface area contributed by atoms with Crippen molar-refractivity contribution in [3.8, 4) is 0 Å². The minimum absolute atomic E-state index is 0.267.